The largest absolute Gasteiger partial charge is 0.493 e. The number of halogens is 1. The summed E-state index contributed by atoms with van der Waals surface area (Å²) in [6.07, 6.45) is -0.220. The van der Waals surface area contributed by atoms with Gasteiger partial charge in [0.2, 0.25) is 0 Å². The third-order valence-corrected chi connectivity index (χ3v) is 2.79. The monoisotopic (exact) mass is 301 g/mol. The van der Waals surface area contributed by atoms with Gasteiger partial charge in [-0.25, -0.2) is 9.18 Å². The molecule has 0 heterocycles. The van der Waals surface area contributed by atoms with Crippen LogP contribution in [0, 0.1) is 12.7 Å². The minimum atomic E-state index is -1.30. The van der Waals surface area contributed by atoms with E-state index in [1.165, 1.54) is 14.0 Å². The molecule has 6 nitrogen and oxygen atoms in total. The second-order valence-corrected chi connectivity index (χ2v) is 4.00. The molecular weight excluding hydrogens is 281 g/mol. The van der Waals surface area contributed by atoms with E-state index in [2.05, 4.69) is 0 Å². The summed E-state index contributed by atoms with van der Waals surface area (Å²) in [4.78, 5) is 21.7. The number of hydrogen-bond donors (Lipinski definition) is 3. The maximum Gasteiger partial charge on any atom is 0.336 e. The van der Waals surface area contributed by atoms with Crippen molar-refractivity contribution in [3.8, 4) is 5.75 Å². The molecule has 1 rings (SSSR count). The zero-order valence-electron chi connectivity index (χ0n) is 12.4. The van der Waals surface area contributed by atoms with E-state index in [4.69, 9.17) is 20.7 Å². The summed E-state index contributed by atoms with van der Waals surface area (Å²) in [7, 11) is 1.22. The van der Waals surface area contributed by atoms with E-state index in [9.17, 15) is 14.0 Å². The molecule has 1 atom stereocenters. The van der Waals surface area contributed by atoms with Gasteiger partial charge in [-0.05, 0) is 18.6 Å². The number of carboxylic acid groups (broad SMARTS) is 2. The Labute approximate surface area is 122 Å². The van der Waals surface area contributed by atoms with Crippen LogP contribution in [0.25, 0.3) is 0 Å². The van der Waals surface area contributed by atoms with Crippen LogP contribution in [0.3, 0.4) is 0 Å². The van der Waals surface area contributed by atoms with Crippen molar-refractivity contribution in [1.82, 2.24) is 0 Å². The normalized spacial score (nSPS) is 11.1. The van der Waals surface area contributed by atoms with Crippen LogP contribution in [-0.2, 0) is 11.2 Å². The highest BCUT2D eigenvalue weighted by Gasteiger charge is 2.23. The first-order valence-electron chi connectivity index (χ1n) is 6.37. The number of hydrogen-bond acceptors (Lipinski definition) is 4. The molecular formula is C14H20FNO5. The van der Waals surface area contributed by atoms with Crippen LogP contribution in [0.15, 0.2) is 6.07 Å². The summed E-state index contributed by atoms with van der Waals surface area (Å²) < 4.78 is 18.6. The maximum absolute atomic E-state index is 13.7. The van der Waals surface area contributed by atoms with Crippen molar-refractivity contribution in [2.24, 2.45) is 5.73 Å². The highest BCUT2D eigenvalue weighted by atomic mass is 19.1. The average molecular weight is 301 g/mol. The fraction of sp³-hybridized carbons (Fsp3) is 0.429. The van der Waals surface area contributed by atoms with Crippen LogP contribution in [0.5, 0.6) is 5.75 Å². The van der Waals surface area contributed by atoms with Crippen LogP contribution in [-0.4, -0.2) is 35.3 Å². The van der Waals surface area contributed by atoms with E-state index in [1.54, 1.807) is 0 Å². The molecule has 21 heavy (non-hydrogen) atoms. The summed E-state index contributed by atoms with van der Waals surface area (Å²) in [6, 6.07) is -0.428. The Hall–Kier alpha value is -2.15. The molecule has 0 aliphatic heterocycles. The third kappa shape index (κ3) is 4.42. The Morgan fingerprint density at radius 2 is 1.90 bits per heavy atom. The van der Waals surface area contributed by atoms with Crippen molar-refractivity contribution in [3.05, 3.63) is 28.6 Å². The van der Waals surface area contributed by atoms with E-state index in [1.807, 2.05) is 13.8 Å². The number of aromatic carboxylic acids is 1. The molecule has 4 N–H and O–H groups in total. The molecule has 1 aromatic rings. The number of nitrogens with two attached hydrogens (primary N) is 1. The van der Waals surface area contributed by atoms with Gasteiger partial charge in [-0.1, -0.05) is 13.8 Å². The van der Waals surface area contributed by atoms with Crippen molar-refractivity contribution in [2.75, 3.05) is 7.11 Å². The molecule has 0 aliphatic carbocycles. The highest BCUT2D eigenvalue weighted by molar-refractivity contribution is 5.90. The van der Waals surface area contributed by atoms with E-state index >= 15 is 0 Å². The summed E-state index contributed by atoms with van der Waals surface area (Å²) in [5.41, 5.74) is 5.53. The van der Waals surface area contributed by atoms with Gasteiger partial charge in [-0.2, -0.15) is 0 Å². The van der Waals surface area contributed by atoms with Gasteiger partial charge in [0.05, 0.1) is 12.7 Å². The summed E-state index contributed by atoms with van der Waals surface area (Å²) in [5.74, 6) is -3.61. The van der Waals surface area contributed by atoms with Crippen molar-refractivity contribution in [2.45, 2.75) is 33.2 Å². The number of aliphatic carboxylic acids is 1. The van der Waals surface area contributed by atoms with Gasteiger partial charge in [0.25, 0.3) is 0 Å². The SMILES string of the molecule is CC.COc1c(F)cc(C(=O)O)c(C)c1CC(N)C(=O)O. The number of benzene rings is 1. The predicted octanol–water partition coefficient (Wildman–Crippen LogP) is 1.82. The predicted molar refractivity (Wildman–Crippen MR) is 75.3 cm³/mol. The molecule has 0 spiro atoms. The Morgan fingerprint density at radius 1 is 1.38 bits per heavy atom. The Bertz CT molecular complexity index is 531. The first-order chi connectivity index (χ1) is 9.79. The quantitative estimate of drug-likeness (QED) is 0.765. The van der Waals surface area contributed by atoms with Crippen LogP contribution < -0.4 is 10.5 Å². The van der Waals surface area contributed by atoms with Gasteiger partial charge in [-0.3, -0.25) is 4.79 Å². The lowest BCUT2D eigenvalue weighted by Crippen LogP contribution is -2.33. The fourth-order valence-corrected chi connectivity index (χ4v) is 1.77. The second kappa shape index (κ2) is 8.21. The molecule has 0 aromatic heterocycles. The first-order valence-corrected chi connectivity index (χ1v) is 6.37. The number of methoxy groups -OCH3 is 1. The lowest BCUT2D eigenvalue weighted by molar-refractivity contribution is -0.138. The van der Waals surface area contributed by atoms with Crippen molar-refractivity contribution in [3.63, 3.8) is 0 Å². The van der Waals surface area contributed by atoms with Gasteiger partial charge in [-0.15, -0.1) is 0 Å². The lowest BCUT2D eigenvalue weighted by Gasteiger charge is -2.16. The summed E-state index contributed by atoms with van der Waals surface area (Å²) in [5, 5.41) is 17.7. The van der Waals surface area contributed by atoms with E-state index in [-0.39, 0.29) is 28.9 Å². The number of ether oxygens (including phenoxy) is 1. The molecule has 0 saturated carbocycles. The molecule has 0 aliphatic rings. The molecule has 0 saturated heterocycles. The van der Waals surface area contributed by atoms with Gasteiger partial charge in [0.15, 0.2) is 11.6 Å². The van der Waals surface area contributed by atoms with E-state index in [0.717, 1.165) is 6.07 Å². The third-order valence-electron chi connectivity index (χ3n) is 2.79. The minimum Gasteiger partial charge on any atom is -0.493 e. The van der Waals surface area contributed by atoms with Gasteiger partial charge in [0, 0.05) is 12.0 Å². The van der Waals surface area contributed by atoms with E-state index in [0.29, 0.717) is 0 Å². The Morgan fingerprint density at radius 3 is 2.29 bits per heavy atom. The minimum absolute atomic E-state index is 0.148. The smallest absolute Gasteiger partial charge is 0.336 e. The molecule has 0 fully saturated rings. The summed E-state index contributed by atoms with van der Waals surface area (Å²) in [6.45, 7) is 5.45. The van der Waals surface area contributed by atoms with Crippen molar-refractivity contribution >= 4 is 11.9 Å². The van der Waals surface area contributed by atoms with Gasteiger partial charge >= 0.3 is 11.9 Å². The Balaban J connectivity index is 0.00000191. The molecule has 0 bridgehead atoms. The topological polar surface area (TPSA) is 110 Å². The molecule has 0 radical (unpaired) electrons. The summed E-state index contributed by atoms with van der Waals surface area (Å²) >= 11 is 0. The molecule has 7 heteroatoms. The second-order valence-electron chi connectivity index (χ2n) is 4.00. The lowest BCUT2D eigenvalue weighted by atomic mass is 9.95. The number of rotatable bonds is 5. The number of carbonyl (C=O) groups is 2. The molecule has 1 unspecified atom stereocenters. The van der Waals surface area contributed by atoms with Gasteiger partial charge in [0.1, 0.15) is 6.04 Å². The zero-order chi connectivity index (χ0) is 16.7. The maximum atomic E-state index is 13.7. The molecule has 118 valence electrons. The van der Waals surface area contributed by atoms with Crippen molar-refractivity contribution < 1.29 is 28.9 Å². The van der Waals surface area contributed by atoms with Crippen LogP contribution in [0.2, 0.25) is 0 Å². The average Bonchev–Trinajstić information content (AvgIpc) is 2.44. The fourth-order valence-electron chi connectivity index (χ4n) is 1.77. The van der Waals surface area contributed by atoms with Crippen LogP contribution >= 0.6 is 0 Å². The van der Waals surface area contributed by atoms with E-state index < -0.39 is 23.8 Å². The molecule has 0 amide bonds. The standard InChI is InChI=1S/C12H14FNO5.C2H6/c1-5-6(4-9(14)12(17)18)10(19-2)8(13)3-7(5)11(15)16;1-2/h3,9H,4,14H2,1-2H3,(H,15,16)(H,17,18);1-2H3. The zero-order valence-corrected chi connectivity index (χ0v) is 12.4. The van der Waals surface area contributed by atoms with Crippen molar-refractivity contribution in [1.29, 1.82) is 0 Å². The highest BCUT2D eigenvalue weighted by Crippen LogP contribution is 2.29. The number of carboxylic acids is 2. The van der Waals surface area contributed by atoms with Gasteiger partial charge < -0.3 is 20.7 Å². The molecule has 1 aromatic carbocycles. The van der Waals surface area contributed by atoms with Crippen LogP contribution in [0.1, 0.15) is 35.3 Å². The Kier molecular flexibility index (Phi) is 7.37. The first kappa shape index (κ1) is 18.9. The van der Waals surface area contributed by atoms with Crippen LogP contribution in [0.4, 0.5) is 4.39 Å².